The Morgan fingerprint density at radius 1 is 1.50 bits per heavy atom. The van der Waals surface area contributed by atoms with Crippen molar-refractivity contribution in [2.45, 2.75) is 19.9 Å². The molecule has 1 amide bonds. The molecule has 0 aliphatic heterocycles. The highest BCUT2D eigenvalue weighted by Crippen LogP contribution is 2.13. The number of carbonyl (C=O) groups excluding carboxylic acids is 1. The number of rotatable bonds is 5. The molecule has 2 N–H and O–H groups in total. The smallest absolute Gasteiger partial charge is 0.272 e. The molecule has 0 aliphatic carbocycles. The number of nitrogens with one attached hydrogen (secondary N) is 1. The minimum Gasteiger partial charge on any atom is -0.396 e. The first-order valence-electron chi connectivity index (χ1n) is 6.00. The summed E-state index contributed by atoms with van der Waals surface area (Å²) in [4.78, 5) is 17.3. The number of hydrogen-bond acceptors (Lipinski definition) is 4. The highest BCUT2D eigenvalue weighted by molar-refractivity contribution is 5.92. The minimum absolute atomic E-state index is 0.124. The lowest BCUT2D eigenvalue weighted by atomic mass is 10.0. The van der Waals surface area contributed by atoms with Crippen molar-refractivity contribution < 1.29 is 9.90 Å². The van der Waals surface area contributed by atoms with E-state index in [4.69, 9.17) is 5.11 Å². The van der Waals surface area contributed by atoms with Gasteiger partial charge in [-0.25, -0.2) is 0 Å². The Balaban J connectivity index is 2.80. The van der Waals surface area contributed by atoms with Gasteiger partial charge in [-0.05, 0) is 25.0 Å². The van der Waals surface area contributed by atoms with Gasteiger partial charge in [0.2, 0.25) is 0 Å². The van der Waals surface area contributed by atoms with E-state index >= 15 is 0 Å². The molecule has 0 radical (unpaired) electrons. The largest absolute Gasteiger partial charge is 0.396 e. The average Bonchev–Trinajstić information content (AvgIpc) is 2.36. The lowest BCUT2D eigenvalue weighted by Gasteiger charge is -2.20. The minimum atomic E-state index is -0.124. The van der Waals surface area contributed by atoms with Crippen LogP contribution < -0.4 is 5.32 Å². The highest BCUT2D eigenvalue weighted by atomic mass is 16.3. The lowest BCUT2D eigenvalue weighted by Crippen LogP contribution is -2.27. The van der Waals surface area contributed by atoms with E-state index in [0.717, 1.165) is 5.69 Å². The Hall–Kier alpha value is -1.62. The van der Waals surface area contributed by atoms with E-state index in [1.54, 1.807) is 26.4 Å². The van der Waals surface area contributed by atoms with Crippen LogP contribution in [0.15, 0.2) is 18.3 Å². The summed E-state index contributed by atoms with van der Waals surface area (Å²) in [6.45, 7) is 4.09. The molecule has 1 aromatic heterocycles. The van der Waals surface area contributed by atoms with Crippen LogP contribution in [0.25, 0.3) is 0 Å². The van der Waals surface area contributed by atoms with Crippen LogP contribution >= 0.6 is 0 Å². The number of amides is 1. The van der Waals surface area contributed by atoms with Crippen molar-refractivity contribution in [3.63, 3.8) is 0 Å². The molecule has 100 valence electrons. The van der Waals surface area contributed by atoms with E-state index in [9.17, 15) is 4.79 Å². The van der Waals surface area contributed by atoms with Crippen LogP contribution in [-0.2, 0) is 0 Å². The Kier molecular flexibility index (Phi) is 5.09. The molecular formula is C13H21N3O2. The Bertz CT molecular complexity index is 407. The van der Waals surface area contributed by atoms with Crippen molar-refractivity contribution in [1.82, 2.24) is 9.88 Å². The van der Waals surface area contributed by atoms with Crippen molar-refractivity contribution in [3.8, 4) is 0 Å². The summed E-state index contributed by atoms with van der Waals surface area (Å²) in [5, 5.41) is 12.3. The summed E-state index contributed by atoms with van der Waals surface area (Å²) in [6.07, 6.45) is 1.61. The SMILES string of the molecule is CC(CO)C(C)Nc1ccnc(C(=O)N(C)C)c1. The molecule has 0 aromatic carbocycles. The third kappa shape index (κ3) is 3.70. The number of pyridine rings is 1. The zero-order valence-electron chi connectivity index (χ0n) is 11.3. The third-order valence-corrected chi connectivity index (χ3v) is 2.92. The Labute approximate surface area is 108 Å². The van der Waals surface area contributed by atoms with Gasteiger partial charge in [0.1, 0.15) is 5.69 Å². The van der Waals surface area contributed by atoms with Crippen LogP contribution in [0, 0.1) is 5.92 Å². The van der Waals surface area contributed by atoms with Crippen LogP contribution in [-0.4, -0.2) is 47.6 Å². The van der Waals surface area contributed by atoms with E-state index < -0.39 is 0 Å². The normalized spacial score (nSPS) is 13.8. The summed E-state index contributed by atoms with van der Waals surface area (Å²) in [6, 6.07) is 3.66. The van der Waals surface area contributed by atoms with Crippen molar-refractivity contribution in [2.24, 2.45) is 5.92 Å². The van der Waals surface area contributed by atoms with E-state index in [0.29, 0.717) is 5.69 Å². The van der Waals surface area contributed by atoms with E-state index in [1.807, 2.05) is 19.9 Å². The lowest BCUT2D eigenvalue weighted by molar-refractivity contribution is 0.0822. The molecule has 2 unspecified atom stereocenters. The number of anilines is 1. The first-order valence-corrected chi connectivity index (χ1v) is 6.00. The summed E-state index contributed by atoms with van der Waals surface area (Å²) in [5.74, 6) is 0.0210. The quantitative estimate of drug-likeness (QED) is 0.825. The fourth-order valence-electron chi connectivity index (χ4n) is 1.43. The first-order chi connectivity index (χ1) is 8.45. The summed E-state index contributed by atoms with van der Waals surface area (Å²) >= 11 is 0. The molecule has 5 heteroatoms. The summed E-state index contributed by atoms with van der Waals surface area (Å²) in [5.41, 5.74) is 1.25. The average molecular weight is 251 g/mol. The van der Waals surface area contributed by atoms with Crippen molar-refractivity contribution in [2.75, 3.05) is 26.0 Å². The van der Waals surface area contributed by atoms with Crippen LogP contribution in [0.2, 0.25) is 0 Å². The van der Waals surface area contributed by atoms with Gasteiger partial charge in [0.25, 0.3) is 5.91 Å². The molecule has 1 rings (SSSR count). The molecule has 18 heavy (non-hydrogen) atoms. The van der Waals surface area contributed by atoms with Crippen molar-refractivity contribution >= 4 is 11.6 Å². The first kappa shape index (κ1) is 14.4. The maximum Gasteiger partial charge on any atom is 0.272 e. The topological polar surface area (TPSA) is 65.5 Å². The summed E-state index contributed by atoms with van der Waals surface area (Å²) < 4.78 is 0. The van der Waals surface area contributed by atoms with Crippen molar-refractivity contribution in [1.29, 1.82) is 0 Å². The van der Waals surface area contributed by atoms with E-state index in [1.165, 1.54) is 4.90 Å². The molecule has 1 heterocycles. The van der Waals surface area contributed by atoms with Gasteiger partial charge in [0, 0.05) is 38.6 Å². The summed E-state index contributed by atoms with van der Waals surface area (Å²) in [7, 11) is 3.39. The molecule has 0 saturated carbocycles. The number of aliphatic hydroxyl groups excluding tert-OH is 1. The number of nitrogens with zero attached hydrogens (tertiary/aromatic N) is 2. The fourth-order valence-corrected chi connectivity index (χ4v) is 1.43. The van der Waals surface area contributed by atoms with Crippen LogP contribution in [0.5, 0.6) is 0 Å². The van der Waals surface area contributed by atoms with Crippen LogP contribution in [0.4, 0.5) is 5.69 Å². The molecule has 5 nitrogen and oxygen atoms in total. The Morgan fingerprint density at radius 3 is 2.72 bits per heavy atom. The van der Waals surface area contributed by atoms with Gasteiger partial charge in [-0.15, -0.1) is 0 Å². The van der Waals surface area contributed by atoms with Gasteiger partial charge in [-0.3, -0.25) is 9.78 Å². The second-order valence-corrected chi connectivity index (χ2v) is 4.72. The molecule has 0 spiro atoms. The number of aromatic nitrogens is 1. The second-order valence-electron chi connectivity index (χ2n) is 4.72. The highest BCUT2D eigenvalue weighted by Gasteiger charge is 2.13. The zero-order chi connectivity index (χ0) is 13.7. The number of aliphatic hydroxyl groups is 1. The number of carbonyl (C=O) groups is 1. The fraction of sp³-hybridized carbons (Fsp3) is 0.538. The van der Waals surface area contributed by atoms with Gasteiger partial charge in [-0.2, -0.15) is 0 Å². The molecular weight excluding hydrogens is 230 g/mol. The molecule has 0 bridgehead atoms. The molecule has 0 fully saturated rings. The maximum atomic E-state index is 11.8. The van der Waals surface area contributed by atoms with Gasteiger partial charge >= 0.3 is 0 Å². The zero-order valence-corrected chi connectivity index (χ0v) is 11.3. The van der Waals surface area contributed by atoms with Crippen molar-refractivity contribution in [3.05, 3.63) is 24.0 Å². The predicted molar refractivity (Wildman–Crippen MR) is 71.6 cm³/mol. The predicted octanol–water partition coefficient (Wildman–Crippen LogP) is 1.21. The Morgan fingerprint density at radius 2 is 2.17 bits per heavy atom. The third-order valence-electron chi connectivity index (χ3n) is 2.92. The van der Waals surface area contributed by atoms with Gasteiger partial charge < -0.3 is 15.3 Å². The van der Waals surface area contributed by atoms with E-state index in [2.05, 4.69) is 10.3 Å². The molecule has 1 aromatic rings. The van der Waals surface area contributed by atoms with Gasteiger partial charge in [0.15, 0.2) is 0 Å². The monoisotopic (exact) mass is 251 g/mol. The van der Waals surface area contributed by atoms with Gasteiger partial charge in [-0.1, -0.05) is 6.92 Å². The number of hydrogen-bond donors (Lipinski definition) is 2. The van der Waals surface area contributed by atoms with Crippen LogP contribution in [0.3, 0.4) is 0 Å². The molecule has 2 atom stereocenters. The standard InChI is InChI=1S/C13H21N3O2/c1-9(8-17)10(2)15-11-5-6-14-12(7-11)13(18)16(3)4/h5-7,9-10,17H,8H2,1-4H3,(H,14,15). The maximum absolute atomic E-state index is 11.8. The molecule has 0 saturated heterocycles. The second kappa shape index (κ2) is 6.35. The van der Waals surface area contributed by atoms with Gasteiger partial charge in [0.05, 0.1) is 0 Å². The molecule has 0 aliphatic rings. The van der Waals surface area contributed by atoms with E-state index in [-0.39, 0.29) is 24.5 Å². The van der Waals surface area contributed by atoms with Crippen LogP contribution in [0.1, 0.15) is 24.3 Å².